The number of rotatable bonds is 4. The highest BCUT2D eigenvalue weighted by Crippen LogP contribution is 2.17. The van der Waals surface area contributed by atoms with E-state index in [4.69, 9.17) is 5.73 Å². The second-order valence-electron chi connectivity index (χ2n) is 4.61. The average molecular weight is 334 g/mol. The Balaban J connectivity index is 1.90. The first kappa shape index (κ1) is 14.5. The monoisotopic (exact) mass is 333 g/mol. The van der Waals surface area contributed by atoms with Gasteiger partial charge in [0.25, 0.3) is 0 Å². The number of carbonyl (C=O) groups excluding carboxylic acids is 1. The van der Waals surface area contributed by atoms with Crippen molar-refractivity contribution in [3.05, 3.63) is 52.1 Å². The maximum Gasteiger partial charge on any atom is 0.225 e. The number of carbonyl (C=O) groups is 1. The van der Waals surface area contributed by atoms with Crippen molar-refractivity contribution >= 4 is 33.3 Å². The molecule has 0 saturated heterocycles. The topological polar surface area (TPSA) is 68.0 Å². The van der Waals surface area contributed by atoms with Gasteiger partial charge in [-0.05, 0) is 58.6 Å². The molecular weight excluding hydrogens is 318 g/mol. The number of anilines is 2. The normalized spacial score (nSPS) is 10.3. The Hall–Kier alpha value is -1.88. The predicted octanol–water partition coefficient (Wildman–Crippen LogP) is 3.31. The van der Waals surface area contributed by atoms with Gasteiger partial charge in [0.2, 0.25) is 5.91 Å². The zero-order chi connectivity index (χ0) is 14.5. The highest BCUT2D eigenvalue weighted by molar-refractivity contribution is 9.10. The van der Waals surface area contributed by atoms with Gasteiger partial charge in [-0.25, -0.2) is 4.98 Å². The van der Waals surface area contributed by atoms with Crippen LogP contribution in [0.3, 0.4) is 0 Å². The van der Waals surface area contributed by atoms with E-state index in [9.17, 15) is 4.79 Å². The number of hydrogen-bond donors (Lipinski definition) is 2. The fraction of sp³-hybridized carbons (Fsp3) is 0.200. The first-order chi connectivity index (χ1) is 9.54. The van der Waals surface area contributed by atoms with E-state index in [1.807, 2.05) is 37.3 Å². The lowest BCUT2D eigenvalue weighted by Gasteiger charge is -2.07. The summed E-state index contributed by atoms with van der Waals surface area (Å²) in [4.78, 5) is 16.1. The van der Waals surface area contributed by atoms with Gasteiger partial charge in [0.05, 0.1) is 0 Å². The maximum atomic E-state index is 11.9. The molecule has 0 unspecified atom stereocenters. The molecule has 2 aromatic rings. The van der Waals surface area contributed by atoms with Crippen LogP contribution >= 0.6 is 15.9 Å². The number of nitrogen functional groups attached to an aromatic ring is 1. The van der Waals surface area contributed by atoms with Crippen molar-refractivity contribution in [1.82, 2.24) is 4.98 Å². The van der Waals surface area contributed by atoms with Gasteiger partial charge >= 0.3 is 0 Å². The molecule has 0 fully saturated rings. The summed E-state index contributed by atoms with van der Waals surface area (Å²) in [7, 11) is 0. The third kappa shape index (κ3) is 4.06. The second-order valence-corrected chi connectivity index (χ2v) is 5.52. The molecule has 4 nitrogen and oxygen atoms in total. The van der Waals surface area contributed by atoms with E-state index in [2.05, 4.69) is 26.2 Å². The zero-order valence-electron chi connectivity index (χ0n) is 11.2. The Morgan fingerprint density at radius 3 is 2.70 bits per heavy atom. The van der Waals surface area contributed by atoms with Crippen LogP contribution < -0.4 is 11.1 Å². The van der Waals surface area contributed by atoms with Gasteiger partial charge in [-0.15, -0.1) is 0 Å². The fourth-order valence-electron chi connectivity index (χ4n) is 1.81. The van der Waals surface area contributed by atoms with Crippen molar-refractivity contribution in [2.45, 2.75) is 19.8 Å². The van der Waals surface area contributed by atoms with Crippen LogP contribution in [-0.2, 0) is 11.2 Å². The summed E-state index contributed by atoms with van der Waals surface area (Å²) in [6.07, 6.45) is 2.77. The predicted molar refractivity (Wildman–Crippen MR) is 84.5 cm³/mol. The molecule has 0 aliphatic carbocycles. The van der Waals surface area contributed by atoms with E-state index in [0.717, 1.165) is 21.3 Å². The van der Waals surface area contributed by atoms with Gasteiger partial charge in [-0.3, -0.25) is 4.79 Å². The average Bonchev–Trinajstić information content (AvgIpc) is 2.41. The molecule has 1 aromatic heterocycles. The summed E-state index contributed by atoms with van der Waals surface area (Å²) in [6.45, 7) is 1.91. The number of pyridine rings is 1. The van der Waals surface area contributed by atoms with Gasteiger partial charge in [0.15, 0.2) is 0 Å². The summed E-state index contributed by atoms with van der Waals surface area (Å²) in [5, 5.41) is 2.82. The molecule has 104 valence electrons. The van der Waals surface area contributed by atoms with Crippen molar-refractivity contribution in [2.24, 2.45) is 0 Å². The maximum absolute atomic E-state index is 11.9. The minimum atomic E-state index is -0.0419. The van der Waals surface area contributed by atoms with E-state index in [1.165, 1.54) is 0 Å². The standard InChI is InChI=1S/C15H16BrN3O/c1-10-8-12(16)9-18-15(10)19-14(20)7-4-11-2-5-13(17)6-3-11/h2-3,5-6,8-9H,4,7,17H2,1H3,(H,18,19,20). The van der Waals surface area contributed by atoms with E-state index in [0.29, 0.717) is 18.7 Å². The third-order valence-corrected chi connectivity index (χ3v) is 3.36. The lowest BCUT2D eigenvalue weighted by molar-refractivity contribution is -0.116. The number of halogens is 1. The number of benzene rings is 1. The van der Waals surface area contributed by atoms with Crippen molar-refractivity contribution in [2.75, 3.05) is 11.1 Å². The molecule has 0 radical (unpaired) electrons. The molecule has 1 amide bonds. The van der Waals surface area contributed by atoms with Crippen LogP contribution in [0.4, 0.5) is 11.5 Å². The zero-order valence-corrected chi connectivity index (χ0v) is 12.8. The molecule has 20 heavy (non-hydrogen) atoms. The number of aromatic nitrogens is 1. The van der Waals surface area contributed by atoms with Gasteiger partial charge in [0, 0.05) is 22.8 Å². The van der Waals surface area contributed by atoms with E-state index < -0.39 is 0 Å². The van der Waals surface area contributed by atoms with Crippen molar-refractivity contribution in [3.63, 3.8) is 0 Å². The lowest BCUT2D eigenvalue weighted by atomic mass is 10.1. The van der Waals surface area contributed by atoms with Crippen LogP contribution in [0.25, 0.3) is 0 Å². The summed E-state index contributed by atoms with van der Waals surface area (Å²) in [6, 6.07) is 9.47. The van der Waals surface area contributed by atoms with Crippen LogP contribution in [0, 0.1) is 6.92 Å². The number of hydrogen-bond acceptors (Lipinski definition) is 3. The summed E-state index contributed by atoms with van der Waals surface area (Å²) >= 11 is 3.34. The second kappa shape index (κ2) is 6.52. The Morgan fingerprint density at radius 1 is 1.35 bits per heavy atom. The number of amides is 1. The van der Waals surface area contributed by atoms with Crippen molar-refractivity contribution < 1.29 is 4.79 Å². The van der Waals surface area contributed by atoms with Crippen molar-refractivity contribution in [3.8, 4) is 0 Å². The molecule has 0 atom stereocenters. The summed E-state index contributed by atoms with van der Waals surface area (Å²) < 4.78 is 0.898. The minimum absolute atomic E-state index is 0.0419. The van der Waals surface area contributed by atoms with Crippen LogP contribution in [-0.4, -0.2) is 10.9 Å². The molecule has 3 N–H and O–H groups in total. The first-order valence-corrected chi connectivity index (χ1v) is 7.10. The molecular formula is C15H16BrN3O. The Labute approximate surface area is 126 Å². The number of nitrogens with zero attached hydrogens (tertiary/aromatic N) is 1. The van der Waals surface area contributed by atoms with E-state index in [1.54, 1.807) is 6.20 Å². The quantitative estimate of drug-likeness (QED) is 0.843. The molecule has 0 aliphatic rings. The highest BCUT2D eigenvalue weighted by atomic mass is 79.9. The Bertz CT molecular complexity index is 611. The van der Waals surface area contributed by atoms with Gasteiger partial charge in [-0.1, -0.05) is 12.1 Å². The molecule has 0 aliphatic heterocycles. The highest BCUT2D eigenvalue weighted by Gasteiger charge is 2.06. The van der Waals surface area contributed by atoms with Crippen LogP contribution in [0.2, 0.25) is 0 Å². The van der Waals surface area contributed by atoms with Gasteiger partial charge in [0.1, 0.15) is 5.82 Å². The number of aryl methyl sites for hydroxylation is 2. The van der Waals surface area contributed by atoms with Crippen LogP contribution in [0.1, 0.15) is 17.5 Å². The van der Waals surface area contributed by atoms with Crippen LogP contribution in [0.15, 0.2) is 41.0 Å². The largest absolute Gasteiger partial charge is 0.399 e. The number of nitrogens with two attached hydrogens (primary N) is 1. The molecule has 0 spiro atoms. The van der Waals surface area contributed by atoms with E-state index >= 15 is 0 Å². The van der Waals surface area contributed by atoms with Gasteiger partial charge < -0.3 is 11.1 Å². The molecule has 2 rings (SSSR count). The van der Waals surface area contributed by atoms with E-state index in [-0.39, 0.29) is 5.91 Å². The third-order valence-electron chi connectivity index (χ3n) is 2.92. The first-order valence-electron chi connectivity index (χ1n) is 6.31. The Kier molecular flexibility index (Phi) is 4.74. The summed E-state index contributed by atoms with van der Waals surface area (Å²) in [5.41, 5.74) is 8.37. The lowest BCUT2D eigenvalue weighted by Crippen LogP contribution is -2.14. The van der Waals surface area contributed by atoms with Crippen molar-refractivity contribution in [1.29, 1.82) is 0 Å². The Morgan fingerprint density at radius 2 is 2.05 bits per heavy atom. The molecule has 1 heterocycles. The molecule has 1 aromatic carbocycles. The van der Waals surface area contributed by atoms with Crippen LogP contribution in [0.5, 0.6) is 0 Å². The van der Waals surface area contributed by atoms with Gasteiger partial charge in [-0.2, -0.15) is 0 Å². The minimum Gasteiger partial charge on any atom is -0.399 e. The molecule has 0 saturated carbocycles. The fourth-order valence-corrected chi connectivity index (χ4v) is 2.25. The summed E-state index contributed by atoms with van der Waals surface area (Å²) in [5.74, 6) is 0.565. The smallest absolute Gasteiger partial charge is 0.225 e. The molecule has 5 heteroatoms. The molecule has 0 bridgehead atoms. The number of nitrogens with one attached hydrogen (secondary N) is 1. The SMILES string of the molecule is Cc1cc(Br)cnc1NC(=O)CCc1ccc(N)cc1.